The van der Waals surface area contributed by atoms with Gasteiger partial charge in [-0.05, 0) is 37.5 Å². The van der Waals surface area contributed by atoms with Crippen LogP contribution in [-0.2, 0) is 4.79 Å². The third kappa shape index (κ3) is 2.25. The number of nitrogens with zero attached hydrogens (tertiary/aromatic N) is 1. The largest absolute Gasteiger partial charge is 0.398 e. The molecule has 0 spiro atoms. The van der Waals surface area contributed by atoms with Gasteiger partial charge in [0.2, 0.25) is 5.91 Å². The molecule has 0 saturated carbocycles. The molecule has 1 aliphatic rings. The first-order chi connectivity index (χ1) is 8.11. The Hall–Kier alpha value is -1.58. The van der Waals surface area contributed by atoms with Crippen LogP contribution in [0, 0.1) is 12.7 Å². The Balaban J connectivity index is 2.44. The smallest absolute Gasteiger partial charge is 0.227 e. The van der Waals surface area contributed by atoms with E-state index in [0.29, 0.717) is 29.9 Å². The van der Waals surface area contributed by atoms with E-state index in [1.54, 1.807) is 11.8 Å². The predicted molar refractivity (Wildman–Crippen MR) is 66.4 cm³/mol. The minimum Gasteiger partial charge on any atom is -0.398 e. The van der Waals surface area contributed by atoms with E-state index in [1.807, 2.05) is 0 Å². The van der Waals surface area contributed by atoms with Crippen LogP contribution in [0.1, 0.15) is 31.2 Å². The Morgan fingerprint density at radius 1 is 1.29 bits per heavy atom. The third-order valence-electron chi connectivity index (χ3n) is 3.27. The molecule has 1 saturated heterocycles. The molecule has 4 heteroatoms. The third-order valence-corrected chi connectivity index (χ3v) is 3.27. The molecule has 0 atom stereocenters. The maximum atomic E-state index is 13.9. The Morgan fingerprint density at radius 2 is 2.06 bits per heavy atom. The molecule has 17 heavy (non-hydrogen) atoms. The highest BCUT2D eigenvalue weighted by Gasteiger charge is 2.23. The van der Waals surface area contributed by atoms with Gasteiger partial charge >= 0.3 is 0 Å². The van der Waals surface area contributed by atoms with Crippen molar-refractivity contribution in [3.8, 4) is 0 Å². The van der Waals surface area contributed by atoms with Crippen LogP contribution in [0.25, 0.3) is 0 Å². The highest BCUT2D eigenvalue weighted by Crippen LogP contribution is 2.30. The van der Waals surface area contributed by atoms with Crippen LogP contribution < -0.4 is 10.6 Å². The topological polar surface area (TPSA) is 46.3 Å². The zero-order valence-corrected chi connectivity index (χ0v) is 10.0. The van der Waals surface area contributed by atoms with E-state index in [4.69, 9.17) is 5.73 Å². The molecular formula is C13H17FN2O. The van der Waals surface area contributed by atoms with Gasteiger partial charge in [0.15, 0.2) is 0 Å². The van der Waals surface area contributed by atoms with Crippen molar-refractivity contribution in [1.29, 1.82) is 0 Å². The maximum Gasteiger partial charge on any atom is 0.227 e. The number of carbonyl (C=O) groups is 1. The van der Waals surface area contributed by atoms with Crippen LogP contribution in [0.5, 0.6) is 0 Å². The fourth-order valence-corrected chi connectivity index (χ4v) is 2.23. The van der Waals surface area contributed by atoms with E-state index in [2.05, 4.69) is 0 Å². The predicted octanol–water partition coefficient (Wildman–Crippen LogP) is 2.62. The van der Waals surface area contributed by atoms with Crippen molar-refractivity contribution in [3.63, 3.8) is 0 Å². The highest BCUT2D eigenvalue weighted by molar-refractivity contribution is 5.95. The minimum atomic E-state index is -0.369. The summed E-state index contributed by atoms with van der Waals surface area (Å²) in [5.41, 5.74) is 7.31. The summed E-state index contributed by atoms with van der Waals surface area (Å²) < 4.78 is 13.9. The Kier molecular flexibility index (Phi) is 3.31. The Morgan fingerprint density at radius 3 is 2.82 bits per heavy atom. The average Bonchev–Trinajstić information content (AvgIpc) is 2.50. The zero-order valence-electron chi connectivity index (χ0n) is 10.0. The first kappa shape index (κ1) is 11.9. The fourth-order valence-electron chi connectivity index (χ4n) is 2.23. The van der Waals surface area contributed by atoms with Crippen molar-refractivity contribution in [1.82, 2.24) is 0 Å². The van der Waals surface area contributed by atoms with Gasteiger partial charge < -0.3 is 10.6 Å². The average molecular weight is 236 g/mol. The molecule has 1 heterocycles. The number of hydrogen-bond acceptors (Lipinski definition) is 2. The van der Waals surface area contributed by atoms with Crippen molar-refractivity contribution in [2.24, 2.45) is 0 Å². The molecule has 1 aliphatic heterocycles. The van der Waals surface area contributed by atoms with Crippen LogP contribution >= 0.6 is 0 Å². The van der Waals surface area contributed by atoms with Crippen LogP contribution in [0.4, 0.5) is 15.8 Å². The second-order valence-corrected chi connectivity index (χ2v) is 4.47. The first-order valence-corrected chi connectivity index (χ1v) is 5.96. The number of anilines is 2. The van der Waals surface area contributed by atoms with E-state index < -0.39 is 0 Å². The van der Waals surface area contributed by atoms with E-state index in [0.717, 1.165) is 19.3 Å². The molecule has 2 rings (SSSR count). The number of amides is 1. The summed E-state index contributed by atoms with van der Waals surface area (Å²) in [6.45, 7) is 2.34. The molecule has 0 aromatic heterocycles. The molecule has 1 aromatic rings. The quantitative estimate of drug-likeness (QED) is 0.762. The van der Waals surface area contributed by atoms with Gasteiger partial charge in [0, 0.05) is 18.7 Å². The zero-order chi connectivity index (χ0) is 12.4. The van der Waals surface area contributed by atoms with Gasteiger partial charge in [-0.25, -0.2) is 4.39 Å². The summed E-state index contributed by atoms with van der Waals surface area (Å²) in [5, 5.41) is 0. The van der Waals surface area contributed by atoms with E-state index >= 15 is 0 Å². The summed E-state index contributed by atoms with van der Waals surface area (Å²) in [4.78, 5) is 13.5. The van der Waals surface area contributed by atoms with Gasteiger partial charge in [-0.2, -0.15) is 0 Å². The molecule has 0 aliphatic carbocycles. The molecule has 0 bridgehead atoms. The lowest BCUT2D eigenvalue weighted by Gasteiger charge is -2.23. The van der Waals surface area contributed by atoms with E-state index in [-0.39, 0.29) is 11.7 Å². The lowest BCUT2D eigenvalue weighted by molar-refractivity contribution is -0.118. The molecule has 3 nitrogen and oxygen atoms in total. The summed E-state index contributed by atoms with van der Waals surface area (Å²) in [6.07, 6.45) is 3.32. The molecule has 1 fully saturated rings. The van der Waals surface area contributed by atoms with Gasteiger partial charge in [-0.15, -0.1) is 0 Å². The van der Waals surface area contributed by atoms with Crippen molar-refractivity contribution in [3.05, 3.63) is 23.5 Å². The lowest BCUT2D eigenvalue weighted by Crippen LogP contribution is -2.31. The van der Waals surface area contributed by atoms with Gasteiger partial charge in [0.05, 0.1) is 5.69 Å². The molecule has 0 unspecified atom stereocenters. The minimum absolute atomic E-state index is 0.00454. The summed E-state index contributed by atoms with van der Waals surface area (Å²) in [5.74, 6) is -0.373. The van der Waals surface area contributed by atoms with Gasteiger partial charge in [0.25, 0.3) is 0 Å². The molecule has 92 valence electrons. The molecular weight excluding hydrogens is 219 g/mol. The van der Waals surface area contributed by atoms with Gasteiger partial charge in [-0.1, -0.05) is 6.42 Å². The molecule has 1 aromatic carbocycles. The second kappa shape index (κ2) is 4.73. The van der Waals surface area contributed by atoms with Crippen molar-refractivity contribution < 1.29 is 9.18 Å². The lowest BCUT2D eigenvalue weighted by atomic mass is 10.1. The highest BCUT2D eigenvalue weighted by atomic mass is 19.1. The van der Waals surface area contributed by atoms with Gasteiger partial charge in [0.1, 0.15) is 5.82 Å². The summed E-state index contributed by atoms with van der Waals surface area (Å²) >= 11 is 0. The van der Waals surface area contributed by atoms with Crippen LogP contribution in [0.2, 0.25) is 0 Å². The number of halogens is 1. The number of nitrogen functional groups attached to an aromatic ring is 1. The Bertz CT molecular complexity index is 445. The van der Waals surface area contributed by atoms with E-state index in [1.165, 1.54) is 12.1 Å². The monoisotopic (exact) mass is 236 g/mol. The Labute approximate surface area is 100 Å². The number of carbonyl (C=O) groups excluding carboxylic acids is 1. The number of rotatable bonds is 1. The molecule has 0 radical (unpaired) electrons. The molecule has 1 amide bonds. The fraction of sp³-hybridized carbons (Fsp3) is 0.462. The standard InChI is InChI=1S/C13H17FN2O/c1-9-11(15)7-6-10(14)13(9)16-8-4-2-3-5-12(16)17/h6-7H,2-5,8,15H2,1H3. The van der Waals surface area contributed by atoms with Crippen molar-refractivity contribution >= 4 is 17.3 Å². The molecule has 2 N–H and O–H groups in total. The van der Waals surface area contributed by atoms with Crippen molar-refractivity contribution in [2.45, 2.75) is 32.6 Å². The first-order valence-electron chi connectivity index (χ1n) is 5.96. The maximum absolute atomic E-state index is 13.9. The second-order valence-electron chi connectivity index (χ2n) is 4.47. The normalized spacial score (nSPS) is 17.1. The van der Waals surface area contributed by atoms with Crippen molar-refractivity contribution in [2.75, 3.05) is 17.2 Å². The SMILES string of the molecule is Cc1c(N)ccc(F)c1N1CCCCCC1=O. The number of hydrogen-bond donors (Lipinski definition) is 1. The van der Waals surface area contributed by atoms with E-state index in [9.17, 15) is 9.18 Å². The van der Waals surface area contributed by atoms with Gasteiger partial charge in [-0.3, -0.25) is 4.79 Å². The number of benzene rings is 1. The van der Waals surface area contributed by atoms with Crippen LogP contribution in [0.3, 0.4) is 0 Å². The summed E-state index contributed by atoms with van der Waals surface area (Å²) in [6, 6.07) is 2.87. The van der Waals surface area contributed by atoms with Crippen LogP contribution in [-0.4, -0.2) is 12.5 Å². The van der Waals surface area contributed by atoms with Crippen LogP contribution in [0.15, 0.2) is 12.1 Å². The number of nitrogens with two attached hydrogens (primary N) is 1. The summed E-state index contributed by atoms with van der Waals surface area (Å²) in [7, 11) is 0.